The Balaban J connectivity index is 1.86. The number of carbonyl (C=O) groups is 2. The van der Waals surface area contributed by atoms with Crippen LogP contribution in [0.25, 0.3) is 0 Å². The number of piperazine rings is 1. The van der Waals surface area contributed by atoms with Gasteiger partial charge in [0.1, 0.15) is 11.1 Å². The topological polar surface area (TPSA) is 59.1 Å². The van der Waals surface area contributed by atoms with Crippen molar-refractivity contribution >= 4 is 11.8 Å². The predicted molar refractivity (Wildman–Crippen MR) is 110 cm³/mol. The molecule has 6 heteroatoms. The first-order chi connectivity index (χ1) is 13.9. The van der Waals surface area contributed by atoms with Crippen molar-refractivity contribution in [3.8, 4) is 11.5 Å². The Hall–Kier alpha value is -2.24. The van der Waals surface area contributed by atoms with E-state index in [1.54, 1.807) is 14.2 Å². The van der Waals surface area contributed by atoms with E-state index in [1.807, 2.05) is 28.9 Å². The van der Waals surface area contributed by atoms with Crippen molar-refractivity contribution in [3.63, 3.8) is 0 Å². The Morgan fingerprint density at radius 1 is 1.03 bits per heavy atom. The van der Waals surface area contributed by atoms with Gasteiger partial charge in [0.2, 0.25) is 5.91 Å². The molecule has 0 bridgehead atoms. The summed E-state index contributed by atoms with van der Waals surface area (Å²) < 4.78 is 11.0. The minimum Gasteiger partial charge on any atom is -0.493 e. The van der Waals surface area contributed by atoms with E-state index in [-0.39, 0.29) is 11.8 Å². The normalized spacial score (nSPS) is 25.2. The molecule has 3 aliphatic rings. The number of amides is 2. The average Bonchev–Trinajstić information content (AvgIpc) is 3.22. The zero-order chi connectivity index (χ0) is 20.8. The van der Waals surface area contributed by atoms with E-state index in [0.717, 1.165) is 56.1 Å². The number of ether oxygens (including phenoxy) is 2. The second-order valence-electron chi connectivity index (χ2n) is 8.69. The molecule has 158 valence electrons. The van der Waals surface area contributed by atoms with Crippen LogP contribution in [0.15, 0.2) is 12.1 Å². The van der Waals surface area contributed by atoms with E-state index in [2.05, 4.69) is 6.92 Å². The molecule has 1 spiro atoms. The van der Waals surface area contributed by atoms with Crippen molar-refractivity contribution in [1.82, 2.24) is 9.80 Å². The molecule has 6 nitrogen and oxygen atoms in total. The van der Waals surface area contributed by atoms with Crippen LogP contribution in [0, 0.1) is 0 Å². The number of hydrogen-bond donors (Lipinski definition) is 0. The van der Waals surface area contributed by atoms with Gasteiger partial charge in [-0.3, -0.25) is 9.59 Å². The van der Waals surface area contributed by atoms with Crippen LogP contribution in [0.2, 0.25) is 0 Å². The summed E-state index contributed by atoms with van der Waals surface area (Å²) in [6.45, 7) is 5.25. The fourth-order valence-corrected chi connectivity index (χ4v) is 5.62. The molecule has 4 rings (SSSR count). The highest BCUT2D eigenvalue weighted by Crippen LogP contribution is 2.50. The van der Waals surface area contributed by atoms with Crippen LogP contribution in [0.1, 0.15) is 63.5 Å². The monoisotopic (exact) mass is 400 g/mol. The molecular weight excluding hydrogens is 368 g/mol. The van der Waals surface area contributed by atoms with Gasteiger partial charge in [-0.2, -0.15) is 0 Å². The maximum absolute atomic E-state index is 14.1. The lowest BCUT2D eigenvalue weighted by atomic mass is 9.74. The van der Waals surface area contributed by atoms with Gasteiger partial charge in [0, 0.05) is 13.1 Å². The Bertz CT molecular complexity index is 830. The van der Waals surface area contributed by atoms with Gasteiger partial charge >= 0.3 is 0 Å². The molecule has 29 heavy (non-hydrogen) atoms. The largest absolute Gasteiger partial charge is 0.493 e. The second kappa shape index (κ2) is 7.22. The van der Waals surface area contributed by atoms with Crippen LogP contribution in [0.4, 0.5) is 0 Å². The Morgan fingerprint density at radius 2 is 1.69 bits per heavy atom. The first kappa shape index (κ1) is 20.0. The Kier molecular flexibility index (Phi) is 4.99. The van der Waals surface area contributed by atoms with Crippen LogP contribution in [0.3, 0.4) is 0 Å². The molecule has 1 aliphatic carbocycles. The fraction of sp³-hybridized carbons (Fsp3) is 0.652. The van der Waals surface area contributed by atoms with E-state index >= 15 is 0 Å². The smallest absolute Gasteiger partial charge is 0.253 e. The number of nitrogens with zero attached hydrogens (tertiary/aromatic N) is 2. The van der Waals surface area contributed by atoms with Gasteiger partial charge < -0.3 is 19.3 Å². The predicted octanol–water partition coefficient (Wildman–Crippen LogP) is 3.26. The highest BCUT2D eigenvalue weighted by Gasteiger charge is 2.63. The molecule has 0 aromatic heterocycles. The molecular formula is C23H32N2O4. The highest BCUT2D eigenvalue weighted by molar-refractivity contribution is 6.03. The molecule has 0 radical (unpaired) electrons. The SMILES string of the molecule is CCCCN1C(=O)C2(C)c3cc(OC)c(OC)cc3CCN2C(=O)C12CCCC2. The first-order valence-corrected chi connectivity index (χ1v) is 10.8. The minimum absolute atomic E-state index is 0.0561. The van der Waals surface area contributed by atoms with Crippen molar-refractivity contribution in [2.45, 2.75) is 69.9 Å². The lowest BCUT2D eigenvalue weighted by molar-refractivity contribution is -0.181. The van der Waals surface area contributed by atoms with Gasteiger partial charge in [-0.1, -0.05) is 26.2 Å². The summed E-state index contributed by atoms with van der Waals surface area (Å²) in [5.41, 5.74) is 0.292. The molecule has 0 N–H and O–H groups in total. The maximum Gasteiger partial charge on any atom is 0.253 e. The minimum atomic E-state index is -0.994. The van der Waals surface area contributed by atoms with E-state index in [0.29, 0.717) is 24.6 Å². The van der Waals surface area contributed by atoms with Crippen molar-refractivity contribution in [2.24, 2.45) is 0 Å². The number of benzene rings is 1. The average molecular weight is 401 g/mol. The molecule has 2 aliphatic heterocycles. The lowest BCUT2D eigenvalue weighted by Gasteiger charge is -2.57. The number of rotatable bonds is 5. The number of unbranched alkanes of at least 4 members (excludes halogenated alkanes) is 1. The number of fused-ring (bicyclic) bond motifs is 3. The quantitative estimate of drug-likeness (QED) is 0.761. The molecule has 2 fully saturated rings. The van der Waals surface area contributed by atoms with Crippen molar-refractivity contribution in [2.75, 3.05) is 27.3 Å². The summed E-state index contributed by atoms with van der Waals surface area (Å²) in [6.07, 6.45) is 6.21. The van der Waals surface area contributed by atoms with E-state index in [9.17, 15) is 9.59 Å². The Labute approximate surface area is 173 Å². The fourth-order valence-electron chi connectivity index (χ4n) is 5.62. The molecule has 2 heterocycles. The molecule has 1 aromatic rings. The zero-order valence-corrected chi connectivity index (χ0v) is 18.0. The number of hydrogen-bond acceptors (Lipinski definition) is 4. The standard InChI is InChI=1S/C23H32N2O4/c1-5-6-12-25-20(26)22(2)17-15-19(29-4)18(28-3)14-16(17)9-13-24(22)21(27)23(25)10-7-8-11-23/h14-15H,5-13H2,1-4H3. The summed E-state index contributed by atoms with van der Waals surface area (Å²) in [5.74, 6) is 1.44. The third kappa shape index (κ3) is 2.67. The summed E-state index contributed by atoms with van der Waals surface area (Å²) in [5, 5.41) is 0. The van der Waals surface area contributed by atoms with Crippen LogP contribution < -0.4 is 9.47 Å². The third-order valence-electron chi connectivity index (χ3n) is 7.27. The summed E-state index contributed by atoms with van der Waals surface area (Å²) >= 11 is 0. The van der Waals surface area contributed by atoms with Crippen molar-refractivity contribution in [1.29, 1.82) is 0 Å². The van der Waals surface area contributed by atoms with E-state index in [1.165, 1.54) is 0 Å². The summed E-state index contributed by atoms with van der Waals surface area (Å²) in [7, 11) is 3.22. The van der Waals surface area contributed by atoms with Crippen LogP contribution in [-0.4, -0.2) is 54.5 Å². The summed E-state index contributed by atoms with van der Waals surface area (Å²) in [6, 6.07) is 3.86. The van der Waals surface area contributed by atoms with Gasteiger partial charge in [-0.25, -0.2) is 0 Å². The van der Waals surface area contributed by atoms with Crippen LogP contribution in [0.5, 0.6) is 11.5 Å². The van der Waals surface area contributed by atoms with Gasteiger partial charge in [0.25, 0.3) is 5.91 Å². The van der Waals surface area contributed by atoms with Gasteiger partial charge in [0.15, 0.2) is 11.5 Å². The number of carbonyl (C=O) groups excluding carboxylic acids is 2. The summed E-state index contributed by atoms with van der Waals surface area (Å²) in [4.78, 5) is 31.7. The first-order valence-electron chi connectivity index (χ1n) is 10.8. The molecule has 1 atom stereocenters. The van der Waals surface area contributed by atoms with E-state index in [4.69, 9.17) is 9.47 Å². The van der Waals surface area contributed by atoms with Crippen LogP contribution in [-0.2, 0) is 21.5 Å². The molecule has 1 aromatic carbocycles. The number of methoxy groups -OCH3 is 2. The van der Waals surface area contributed by atoms with Gasteiger partial charge in [0.05, 0.1) is 14.2 Å². The molecule has 1 saturated carbocycles. The Morgan fingerprint density at radius 3 is 2.31 bits per heavy atom. The second-order valence-corrected chi connectivity index (χ2v) is 8.69. The van der Waals surface area contributed by atoms with Crippen molar-refractivity contribution in [3.05, 3.63) is 23.3 Å². The molecule has 1 saturated heterocycles. The highest BCUT2D eigenvalue weighted by atomic mass is 16.5. The van der Waals surface area contributed by atoms with Crippen LogP contribution >= 0.6 is 0 Å². The molecule has 2 amide bonds. The zero-order valence-electron chi connectivity index (χ0n) is 18.0. The van der Waals surface area contributed by atoms with Gasteiger partial charge in [-0.05, 0) is 55.9 Å². The molecule has 1 unspecified atom stereocenters. The third-order valence-corrected chi connectivity index (χ3v) is 7.27. The maximum atomic E-state index is 14.1. The van der Waals surface area contributed by atoms with Gasteiger partial charge in [-0.15, -0.1) is 0 Å². The van der Waals surface area contributed by atoms with Crippen molar-refractivity contribution < 1.29 is 19.1 Å². The van der Waals surface area contributed by atoms with E-state index < -0.39 is 11.1 Å². The lowest BCUT2D eigenvalue weighted by Crippen LogP contribution is -2.75.